The smallest absolute Gasteiger partial charge is 0.257 e. The van der Waals surface area contributed by atoms with Gasteiger partial charge in [-0.2, -0.15) is 4.31 Å². The number of hydrogen-bond acceptors (Lipinski definition) is 5. The SMILES string of the molecule is COc1ccc(S(=O)(=O)N2CCCCCC2)cc1C(=O)N(C)Cc1ccc(C)o1. The van der Waals surface area contributed by atoms with Crippen molar-refractivity contribution in [3.05, 3.63) is 47.4 Å². The second-order valence-electron chi connectivity index (χ2n) is 7.35. The van der Waals surface area contributed by atoms with Gasteiger partial charge in [-0.15, -0.1) is 0 Å². The van der Waals surface area contributed by atoms with Crippen LogP contribution in [0.4, 0.5) is 0 Å². The van der Waals surface area contributed by atoms with Gasteiger partial charge in [0.1, 0.15) is 17.3 Å². The molecule has 0 radical (unpaired) electrons. The molecule has 3 rings (SSSR count). The molecule has 2 aromatic rings. The molecule has 29 heavy (non-hydrogen) atoms. The lowest BCUT2D eigenvalue weighted by atomic mass is 10.1. The number of rotatable bonds is 6. The van der Waals surface area contributed by atoms with Gasteiger partial charge in [-0.1, -0.05) is 12.8 Å². The minimum absolute atomic E-state index is 0.116. The maximum absolute atomic E-state index is 13.1. The van der Waals surface area contributed by atoms with E-state index < -0.39 is 10.0 Å². The number of nitrogens with zero attached hydrogens (tertiary/aromatic N) is 2. The zero-order chi connectivity index (χ0) is 21.0. The number of sulfonamides is 1. The largest absolute Gasteiger partial charge is 0.496 e. The summed E-state index contributed by atoms with van der Waals surface area (Å²) in [6.07, 6.45) is 3.78. The average molecular weight is 421 g/mol. The molecule has 0 spiro atoms. The van der Waals surface area contributed by atoms with Gasteiger partial charge in [0.05, 0.1) is 24.1 Å². The Balaban J connectivity index is 1.88. The van der Waals surface area contributed by atoms with E-state index in [2.05, 4.69) is 0 Å². The normalized spacial score (nSPS) is 15.7. The Morgan fingerprint density at radius 1 is 1.14 bits per heavy atom. The van der Waals surface area contributed by atoms with Gasteiger partial charge in [0.25, 0.3) is 5.91 Å². The zero-order valence-corrected chi connectivity index (χ0v) is 18.0. The Kier molecular flexibility index (Phi) is 6.64. The van der Waals surface area contributed by atoms with Crippen LogP contribution in [0.25, 0.3) is 0 Å². The summed E-state index contributed by atoms with van der Waals surface area (Å²) in [5, 5.41) is 0. The second-order valence-corrected chi connectivity index (χ2v) is 9.29. The third-order valence-electron chi connectivity index (χ3n) is 5.14. The van der Waals surface area contributed by atoms with Crippen LogP contribution in [0.1, 0.15) is 47.6 Å². The van der Waals surface area contributed by atoms with Gasteiger partial charge in [0.2, 0.25) is 10.0 Å². The molecular weight excluding hydrogens is 392 g/mol. The minimum atomic E-state index is -3.66. The van der Waals surface area contributed by atoms with Crippen molar-refractivity contribution in [3.8, 4) is 5.75 Å². The van der Waals surface area contributed by atoms with Crippen molar-refractivity contribution >= 4 is 15.9 Å². The van der Waals surface area contributed by atoms with Crippen LogP contribution in [0.3, 0.4) is 0 Å². The van der Waals surface area contributed by atoms with Crippen LogP contribution >= 0.6 is 0 Å². The molecule has 7 nitrogen and oxygen atoms in total. The van der Waals surface area contributed by atoms with Crippen molar-refractivity contribution in [2.75, 3.05) is 27.2 Å². The van der Waals surface area contributed by atoms with Gasteiger partial charge in [0.15, 0.2) is 0 Å². The molecule has 0 saturated carbocycles. The van der Waals surface area contributed by atoms with Crippen LogP contribution in [0, 0.1) is 6.92 Å². The maximum Gasteiger partial charge on any atom is 0.257 e. The molecule has 1 aromatic carbocycles. The van der Waals surface area contributed by atoms with E-state index in [9.17, 15) is 13.2 Å². The van der Waals surface area contributed by atoms with Crippen LogP contribution in [0.2, 0.25) is 0 Å². The van der Waals surface area contributed by atoms with Crippen molar-refractivity contribution in [3.63, 3.8) is 0 Å². The molecule has 2 heterocycles. The van der Waals surface area contributed by atoms with Crippen LogP contribution in [-0.4, -0.2) is 50.8 Å². The van der Waals surface area contributed by atoms with Gasteiger partial charge < -0.3 is 14.1 Å². The molecule has 0 aliphatic carbocycles. The predicted octanol–water partition coefficient (Wildman–Crippen LogP) is 3.43. The summed E-state index contributed by atoms with van der Waals surface area (Å²) < 4.78 is 38.6. The number of hydrogen-bond donors (Lipinski definition) is 0. The molecule has 0 unspecified atom stereocenters. The number of aryl methyl sites for hydroxylation is 1. The molecule has 0 bridgehead atoms. The highest BCUT2D eigenvalue weighted by molar-refractivity contribution is 7.89. The van der Waals surface area contributed by atoms with E-state index in [-0.39, 0.29) is 22.9 Å². The quantitative estimate of drug-likeness (QED) is 0.715. The number of carbonyl (C=O) groups excluding carboxylic acids is 1. The standard InChI is InChI=1S/C21H28N2O5S/c1-16-8-9-17(28-16)15-22(2)21(24)19-14-18(10-11-20(19)27-3)29(25,26)23-12-6-4-5-7-13-23/h8-11,14H,4-7,12-13,15H2,1-3H3. The molecule has 0 atom stereocenters. The van der Waals surface area contributed by atoms with Gasteiger partial charge in [-0.25, -0.2) is 8.42 Å². The van der Waals surface area contributed by atoms with Gasteiger partial charge >= 0.3 is 0 Å². The van der Waals surface area contributed by atoms with E-state index >= 15 is 0 Å². The second kappa shape index (κ2) is 9.00. The fourth-order valence-electron chi connectivity index (χ4n) is 3.53. The lowest BCUT2D eigenvalue weighted by Gasteiger charge is -2.22. The highest BCUT2D eigenvalue weighted by Crippen LogP contribution is 2.27. The molecule has 1 amide bonds. The summed E-state index contributed by atoms with van der Waals surface area (Å²) >= 11 is 0. The summed E-state index contributed by atoms with van der Waals surface area (Å²) in [5.41, 5.74) is 0.217. The fraction of sp³-hybridized carbons (Fsp3) is 0.476. The van der Waals surface area contributed by atoms with Crippen LogP contribution < -0.4 is 4.74 Å². The van der Waals surface area contributed by atoms with Crippen molar-refractivity contribution < 1.29 is 22.4 Å². The number of furan rings is 1. The van der Waals surface area contributed by atoms with E-state index in [0.29, 0.717) is 24.6 Å². The summed E-state index contributed by atoms with van der Waals surface area (Å²) in [6.45, 7) is 3.13. The molecule has 1 aliphatic heterocycles. The number of ether oxygens (including phenoxy) is 1. The Labute approximate surface area is 172 Å². The highest BCUT2D eigenvalue weighted by atomic mass is 32.2. The monoisotopic (exact) mass is 420 g/mol. The molecular formula is C21H28N2O5S. The lowest BCUT2D eigenvalue weighted by molar-refractivity contribution is 0.0771. The van der Waals surface area contributed by atoms with Crippen molar-refractivity contribution in [2.24, 2.45) is 0 Å². The first-order chi connectivity index (χ1) is 13.8. The first-order valence-electron chi connectivity index (χ1n) is 9.82. The zero-order valence-electron chi connectivity index (χ0n) is 17.2. The molecule has 1 aromatic heterocycles. The Morgan fingerprint density at radius 2 is 1.83 bits per heavy atom. The molecule has 0 N–H and O–H groups in total. The number of amides is 1. The number of methoxy groups -OCH3 is 1. The van der Waals surface area contributed by atoms with Crippen molar-refractivity contribution in [1.82, 2.24) is 9.21 Å². The minimum Gasteiger partial charge on any atom is -0.496 e. The van der Waals surface area contributed by atoms with Gasteiger partial charge in [-0.05, 0) is 50.1 Å². The Morgan fingerprint density at radius 3 is 2.41 bits per heavy atom. The number of benzene rings is 1. The summed E-state index contributed by atoms with van der Waals surface area (Å²) in [5.74, 6) is 1.44. The summed E-state index contributed by atoms with van der Waals surface area (Å²) in [7, 11) is -0.547. The molecule has 1 saturated heterocycles. The topological polar surface area (TPSA) is 80.1 Å². The average Bonchev–Trinajstić information content (AvgIpc) is 2.95. The first kappa shape index (κ1) is 21.4. The number of carbonyl (C=O) groups is 1. The predicted molar refractivity (Wildman–Crippen MR) is 109 cm³/mol. The molecule has 8 heteroatoms. The molecule has 1 fully saturated rings. The Bertz CT molecular complexity index is 959. The van der Waals surface area contributed by atoms with E-state index in [1.165, 1.54) is 28.4 Å². The lowest BCUT2D eigenvalue weighted by Crippen LogP contribution is -2.32. The van der Waals surface area contributed by atoms with Crippen molar-refractivity contribution in [2.45, 2.75) is 44.0 Å². The Hall–Kier alpha value is -2.32. The van der Waals surface area contributed by atoms with Crippen LogP contribution in [0.15, 0.2) is 39.6 Å². The van der Waals surface area contributed by atoms with E-state index in [1.54, 1.807) is 13.1 Å². The fourth-order valence-corrected chi connectivity index (χ4v) is 5.07. The highest BCUT2D eigenvalue weighted by Gasteiger charge is 2.28. The summed E-state index contributed by atoms with van der Waals surface area (Å²) in [6, 6.07) is 8.12. The van der Waals surface area contributed by atoms with Gasteiger partial charge in [0, 0.05) is 20.1 Å². The molecule has 158 valence electrons. The maximum atomic E-state index is 13.1. The van der Waals surface area contributed by atoms with E-state index in [0.717, 1.165) is 31.4 Å². The third-order valence-corrected chi connectivity index (χ3v) is 7.03. The first-order valence-corrected chi connectivity index (χ1v) is 11.3. The van der Waals surface area contributed by atoms with E-state index in [1.807, 2.05) is 19.1 Å². The third kappa shape index (κ3) is 4.82. The van der Waals surface area contributed by atoms with Gasteiger partial charge in [-0.3, -0.25) is 4.79 Å². The van der Waals surface area contributed by atoms with E-state index in [4.69, 9.17) is 9.15 Å². The summed E-state index contributed by atoms with van der Waals surface area (Å²) in [4.78, 5) is 14.6. The van der Waals surface area contributed by atoms with Crippen LogP contribution in [0.5, 0.6) is 5.75 Å². The van der Waals surface area contributed by atoms with Crippen LogP contribution in [-0.2, 0) is 16.6 Å². The molecule has 1 aliphatic rings. The van der Waals surface area contributed by atoms with Crippen molar-refractivity contribution in [1.29, 1.82) is 0 Å².